The zero-order valence-electron chi connectivity index (χ0n) is 8.96. The van der Waals surface area contributed by atoms with Gasteiger partial charge in [0.2, 0.25) is 0 Å². The number of pyridine rings is 1. The third kappa shape index (κ3) is 2.68. The summed E-state index contributed by atoms with van der Waals surface area (Å²) in [4.78, 5) is 13.6. The van der Waals surface area contributed by atoms with Crippen molar-refractivity contribution in [1.29, 1.82) is 0 Å². The average Bonchev–Trinajstić information content (AvgIpc) is 2.31. The Morgan fingerprint density at radius 2 is 2.06 bits per heavy atom. The van der Waals surface area contributed by atoms with Gasteiger partial charge in [0, 0.05) is 6.07 Å². The molecule has 0 aromatic carbocycles. The van der Waals surface area contributed by atoms with Gasteiger partial charge in [0.25, 0.3) is 0 Å². The van der Waals surface area contributed by atoms with Crippen LogP contribution in [0.3, 0.4) is 0 Å². The van der Waals surface area contributed by atoms with Gasteiger partial charge in [-0.25, -0.2) is 0 Å². The quantitative estimate of drug-likeness (QED) is 0.582. The Hall–Kier alpha value is -1.65. The monoisotopic (exact) mass is 222 g/mol. The molecule has 0 bridgehead atoms. The maximum Gasteiger partial charge on any atom is 0.363 e. The van der Waals surface area contributed by atoms with E-state index < -0.39 is 4.92 Å². The van der Waals surface area contributed by atoms with Crippen LogP contribution in [0.2, 0.25) is 0 Å². The van der Waals surface area contributed by atoms with E-state index in [4.69, 9.17) is 4.74 Å². The minimum atomic E-state index is -0.510. The fourth-order valence-electron chi connectivity index (χ4n) is 1.93. The van der Waals surface area contributed by atoms with Crippen LogP contribution in [-0.4, -0.2) is 16.0 Å². The Morgan fingerprint density at radius 3 is 2.62 bits per heavy atom. The molecule has 1 aromatic heterocycles. The second kappa shape index (κ2) is 4.92. The smallest absolute Gasteiger partial charge is 0.363 e. The van der Waals surface area contributed by atoms with Crippen molar-refractivity contribution >= 4 is 5.82 Å². The summed E-state index contributed by atoms with van der Waals surface area (Å²) in [7, 11) is 0. The van der Waals surface area contributed by atoms with Crippen molar-refractivity contribution in [3.05, 3.63) is 28.4 Å². The molecule has 1 saturated carbocycles. The molecule has 0 radical (unpaired) electrons. The van der Waals surface area contributed by atoms with Crippen LogP contribution < -0.4 is 4.74 Å². The standard InChI is InChI=1S/C11H14N2O3/c14-13(15)11-7-6-10(8-12-11)16-9-4-2-1-3-5-9/h6-9H,1-5H2. The summed E-state index contributed by atoms with van der Waals surface area (Å²) in [5.74, 6) is 0.480. The van der Waals surface area contributed by atoms with Crippen molar-refractivity contribution in [2.45, 2.75) is 38.2 Å². The molecular formula is C11H14N2O3. The van der Waals surface area contributed by atoms with E-state index in [-0.39, 0.29) is 11.9 Å². The lowest BCUT2D eigenvalue weighted by Crippen LogP contribution is -2.19. The van der Waals surface area contributed by atoms with E-state index in [2.05, 4.69) is 4.98 Å². The van der Waals surface area contributed by atoms with Crippen LogP contribution in [0.5, 0.6) is 5.75 Å². The summed E-state index contributed by atoms with van der Waals surface area (Å²) in [5.41, 5.74) is 0. The van der Waals surface area contributed by atoms with Gasteiger partial charge in [-0.15, -0.1) is 0 Å². The number of ether oxygens (including phenoxy) is 1. The first-order chi connectivity index (χ1) is 7.75. The fraction of sp³-hybridized carbons (Fsp3) is 0.545. The third-order valence-corrected chi connectivity index (χ3v) is 2.76. The van der Waals surface area contributed by atoms with E-state index in [1.54, 1.807) is 6.07 Å². The van der Waals surface area contributed by atoms with Gasteiger partial charge in [0.05, 0.1) is 6.10 Å². The highest BCUT2D eigenvalue weighted by Crippen LogP contribution is 2.23. The van der Waals surface area contributed by atoms with Crippen LogP contribution in [-0.2, 0) is 0 Å². The normalized spacial score (nSPS) is 17.0. The first-order valence-electron chi connectivity index (χ1n) is 5.53. The summed E-state index contributed by atoms with van der Waals surface area (Å²) in [6, 6.07) is 2.98. The molecule has 0 unspecified atom stereocenters. The number of hydrogen-bond acceptors (Lipinski definition) is 4. The van der Waals surface area contributed by atoms with Crippen LogP contribution in [0.15, 0.2) is 18.3 Å². The minimum absolute atomic E-state index is 0.143. The van der Waals surface area contributed by atoms with Crippen molar-refractivity contribution in [3.8, 4) is 5.75 Å². The summed E-state index contributed by atoms with van der Waals surface area (Å²) in [5, 5.41) is 10.4. The maximum absolute atomic E-state index is 10.4. The van der Waals surface area contributed by atoms with Crippen molar-refractivity contribution in [3.63, 3.8) is 0 Å². The molecule has 16 heavy (non-hydrogen) atoms. The molecular weight excluding hydrogens is 208 g/mol. The molecule has 1 heterocycles. The number of aromatic nitrogens is 1. The molecule has 0 saturated heterocycles. The van der Waals surface area contributed by atoms with Gasteiger partial charge in [-0.05, 0) is 41.7 Å². The van der Waals surface area contributed by atoms with E-state index in [0.717, 1.165) is 12.8 Å². The van der Waals surface area contributed by atoms with Crippen LogP contribution in [0, 0.1) is 10.1 Å². The Labute approximate surface area is 93.6 Å². The molecule has 2 rings (SSSR count). The maximum atomic E-state index is 10.4. The summed E-state index contributed by atoms with van der Waals surface area (Å²) < 4.78 is 5.70. The Balaban J connectivity index is 1.96. The Bertz CT molecular complexity index is 358. The molecule has 86 valence electrons. The number of nitrogens with zero attached hydrogens (tertiary/aromatic N) is 2. The summed E-state index contributed by atoms with van der Waals surface area (Å²) >= 11 is 0. The van der Waals surface area contributed by atoms with E-state index in [1.165, 1.54) is 31.5 Å². The van der Waals surface area contributed by atoms with E-state index in [0.29, 0.717) is 5.75 Å². The van der Waals surface area contributed by atoms with Gasteiger partial charge in [-0.3, -0.25) is 0 Å². The number of nitro groups is 1. The van der Waals surface area contributed by atoms with Crippen molar-refractivity contribution in [1.82, 2.24) is 4.98 Å². The highest BCUT2D eigenvalue weighted by Gasteiger charge is 2.16. The molecule has 1 aliphatic carbocycles. The predicted molar refractivity (Wildman–Crippen MR) is 58.4 cm³/mol. The zero-order chi connectivity index (χ0) is 11.4. The van der Waals surface area contributed by atoms with Gasteiger partial charge in [0.1, 0.15) is 0 Å². The second-order valence-electron chi connectivity index (χ2n) is 3.99. The molecule has 1 aromatic rings. The van der Waals surface area contributed by atoms with Crippen LogP contribution in [0.4, 0.5) is 5.82 Å². The third-order valence-electron chi connectivity index (χ3n) is 2.76. The number of hydrogen-bond donors (Lipinski definition) is 0. The predicted octanol–water partition coefficient (Wildman–Crippen LogP) is 2.70. The van der Waals surface area contributed by atoms with E-state index in [9.17, 15) is 10.1 Å². The lowest BCUT2D eigenvalue weighted by Gasteiger charge is -2.22. The van der Waals surface area contributed by atoms with E-state index >= 15 is 0 Å². The average molecular weight is 222 g/mol. The topological polar surface area (TPSA) is 65.3 Å². The van der Waals surface area contributed by atoms with Gasteiger partial charge < -0.3 is 14.9 Å². The molecule has 0 aliphatic heterocycles. The lowest BCUT2D eigenvalue weighted by molar-refractivity contribution is -0.389. The minimum Gasteiger partial charge on any atom is -0.486 e. The second-order valence-corrected chi connectivity index (χ2v) is 3.99. The van der Waals surface area contributed by atoms with Gasteiger partial charge in [-0.2, -0.15) is 0 Å². The molecule has 0 spiro atoms. The van der Waals surface area contributed by atoms with Crippen molar-refractivity contribution < 1.29 is 9.66 Å². The molecule has 1 fully saturated rings. The Kier molecular flexibility index (Phi) is 3.34. The van der Waals surface area contributed by atoms with Gasteiger partial charge in [0.15, 0.2) is 11.9 Å². The highest BCUT2D eigenvalue weighted by molar-refractivity contribution is 5.26. The first-order valence-corrected chi connectivity index (χ1v) is 5.53. The Morgan fingerprint density at radius 1 is 1.31 bits per heavy atom. The summed E-state index contributed by atoms with van der Waals surface area (Å²) in [6.07, 6.45) is 7.48. The molecule has 5 heteroatoms. The fourth-order valence-corrected chi connectivity index (χ4v) is 1.93. The van der Waals surface area contributed by atoms with Crippen molar-refractivity contribution in [2.75, 3.05) is 0 Å². The molecule has 5 nitrogen and oxygen atoms in total. The SMILES string of the molecule is O=[N+]([O-])c1ccc(OC2CCCCC2)cn1. The van der Waals surface area contributed by atoms with Gasteiger partial charge >= 0.3 is 5.82 Å². The lowest BCUT2D eigenvalue weighted by atomic mass is 9.98. The molecule has 1 aliphatic rings. The van der Waals surface area contributed by atoms with Crippen LogP contribution in [0.25, 0.3) is 0 Å². The number of rotatable bonds is 3. The van der Waals surface area contributed by atoms with E-state index in [1.807, 2.05) is 0 Å². The van der Waals surface area contributed by atoms with Gasteiger partial charge in [-0.1, -0.05) is 6.42 Å². The van der Waals surface area contributed by atoms with Crippen LogP contribution in [0.1, 0.15) is 32.1 Å². The largest absolute Gasteiger partial charge is 0.486 e. The first kappa shape index (κ1) is 10.9. The van der Waals surface area contributed by atoms with Crippen molar-refractivity contribution in [2.24, 2.45) is 0 Å². The molecule has 0 amide bonds. The zero-order valence-corrected chi connectivity index (χ0v) is 8.96. The molecule has 0 atom stereocenters. The summed E-state index contributed by atoms with van der Waals surface area (Å²) in [6.45, 7) is 0. The van der Waals surface area contributed by atoms with Crippen LogP contribution >= 0.6 is 0 Å². The molecule has 0 N–H and O–H groups in total. The highest BCUT2D eigenvalue weighted by atomic mass is 16.6.